The Labute approximate surface area is 117 Å². The summed E-state index contributed by atoms with van der Waals surface area (Å²) in [6, 6.07) is 16.0. The number of urea groups is 1. The number of carbonyl (C=O) groups excluding carboxylic acids is 1. The highest BCUT2D eigenvalue weighted by Gasteiger charge is 2.02. The van der Waals surface area contributed by atoms with E-state index in [1.165, 1.54) is 6.07 Å². The minimum Gasteiger partial charge on any atom is -0.338 e. The highest BCUT2D eigenvalue weighted by Crippen LogP contribution is 2.06. The summed E-state index contributed by atoms with van der Waals surface area (Å²) in [7, 11) is 0. The maximum Gasteiger partial charge on any atom is 0.315 e. The lowest BCUT2D eigenvalue weighted by Crippen LogP contribution is -2.36. The first-order chi connectivity index (χ1) is 9.75. The highest BCUT2D eigenvalue weighted by atomic mass is 19.1. The summed E-state index contributed by atoms with van der Waals surface area (Å²) in [5, 5.41) is 5.47. The molecule has 0 atom stereocenters. The number of hydrogen-bond acceptors (Lipinski definition) is 1. The van der Waals surface area contributed by atoms with Crippen LogP contribution in [0.1, 0.15) is 11.1 Å². The van der Waals surface area contributed by atoms with Crippen molar-refractivity contribution < 1.29 is 9.18 Å². The van der Waals surface area contributed by atoms with Crippen molar-refractivity contribution in [1.29, 1.82) is 0 Å². The van der Waals surface area contributed by atoms with Crippen LogP contribution in [0.5, 0.6) is 0 Å². The molecule has 0 aliphatic heterocycles. The Morgan fingerprint density at radius 2 is 1.65 bits per heavy atom. The zero-order chi connectivity index (χ0) is 14.2. The Kier molecular flexibility index (Phi) is 5.12. The monoisotopic (exact) mass is 272 g/mol. The maximum atomic E-state index is 13.4. The fourth-order valence-electron chi connectivity index (χ4n) is 1.85. The van der Waals surface area contributed by atoms with Gasteiger partial charge in [0.2, 0.25) is 0 Å². The first-order valence-electron chi connectivity index (χ1n) is 6.55. The molecule has 2 N–H and O–H groups in total. The number of hydrogen-bond donors (Lipinski definition) is 2. The van der Waals surface area contributed by atoms with Crippen LogP contribution in [0.2, 0.25) is 0 Å². The first-order valence-corrected chi connectivity index (χ1v) is 6.55. The van der Waals surface area contributed by atoms with E-state index in [-0.39, 0.29) is 11.8 Å². The third-order valence-corrected chi connectivity index (χ3v) is 2.93. The van der Waals surface area contributed by atoms with Gasteiger partial charge in [-0.2, -0.15) is 0 Å². The molecule has 2 amide bonds. The molecule has 0 aliphatic rings. The van der Waals surface area contributed by atoms with E-state index in [2.05, 4.69) is 10.6 Å². The molecule has 0 heterocycles. The summed E-state index contributed by atoms with van der Waals surface area (Å²) in [4.78, 5) is 11.6. The smallest absolute Gasteiger partial charge is 0.315 e. The van der Waals surface area contributed by atoms with E-state index in [4.69, 9.17) is 0 Å². The van der Waals surface area contributed by atoms with E-state index >= 15 is 0 Å². The second-order valence-corrected chi connectivity index (χ2v) is 4.44. The fraction of sp³-hybridized carbons (Fsp3) is 0.188. The Morgan fingerprint density at radius 1 is 0.950 bits per heavy atom. The van der Waals surface area contributed by atoms with Gasteiger partial charge in [-0.25, -0.2) is 9.18 Å². The SMILES string of the molecule is O=C(NCCc1ccccc1F)NCc1ccccc1. The molecule has 0 saturated carbocycles. The van der Waals surface area contributed by atoms with Crippen molar-refractivity contribution in [3.63, 3.8) is 0 Å². The van der Waals surface area contributed by atoms with E-state index in [0.717, 1.165) is 5.56 Å². The molecule has 0 spiro atoms. The summed E-state index contributed by atoms with van der Waals surface area (Å²) in [6.07, 6.45) is 0.478. The normalized spacial score (nSPS) is 10.1. The third-order valence-electron chi connectivity index (χ3n) is 2.93. The summed E-state index contributed by atoms with van der Waals surface area (Å²) in [5.74, 6) is -0.237. The van der Waals surface area contributed by atoms with Gasteiger partial charge in [-0.15, -0.1) is 0 Å². The van der Waals surface area contributed by atoms with Gasteiger partial charge >= 0.3 is 6.03 Å². The lowest BCUT2D eigenvalue weighted by Gasteiger charge is -2.08. The van der Waals surface area contributed by atoms with Crippen molar-refractivity contribution in [1.82, 2.24) is 10.6 Å². The van der Waals surface area contributed by atoms with Crippen LogP contribution in [0, 0.1) is 5.82 Å². The molecule has 0 unspecified atom stereocenters. The van der Waals surface area contributed by atoms with Crippen LogP contribution >= 0.6 is 0 Å². The number of halogens is 1. The highest BCUT2D eigenvalue weighted by molar-refractivity contribution is 5.73. The van der Waals surface area contributed by atoms with E-state index in [0.29, 0.717) is 25.1 Å². The van der Waals surface area contributed by atoms with Crippen molar-refractivity contribution in [3.05, 3.63) is 71.5 Å². The average Bonchev–Trinajstić information content (AvgIpc) is 2.48. The molecule has 0 saturated heterocycles. The van der Waals surface area contributed by atoms with Crippen LogP contribution in [-0.2, 0) is 13.0 Å². The molecule has 2 aromatic carbocycles. The van der Waals surface area contributed by atoms with Crippen LogP contribution in [0.3, 0.4) is 0 Å². The molecule has 20 heavy (non-hydrogen) atoms. The summed E-state index contributed by atoms with van der Waals surface area (Å²) in [5.41, 5.74) is 1.65. The summed E-state index contributed by atoms with van der Waals surface area (Å²) >= 11 is 0. The minimum atomic E-state index is -0.245. The second kappa shape index (κ2) is 7.28. The lowest BCUT2D eigenvalue weighted by atomic mass is 10.1. The van der Waals surface area contributed by atoms with E-state index < -0.39 is 0 Å². The van der Waals surface area contributed by atoms with Gasteiger partial charge in [0.05, 0.1) is 0 Å². The Bertz CT molecular complexity index is 557. The van der Waals surface area contributed by atoms with Crippen molar-refractivity contribution in [2.75, 3.05) is 6.54 Å². The van der Waals surface area contributed by atoms with Crippen LogP contribution in [0.25, 0.3) is 0 Å². The van der Waals surface area contributed by atoms with Gasteiger partial charge in [-0.1, -0.05) is 48.5 Å². The lowest BCUT2D eigenvalue weighted by molar-refractivity contribution is 0.240. The zero-order valence-electron chi connectivity index (χ0n) is 11.1. The topological polar surface area (TPSA) is 41.1 Å². The third kappa shape index (κ3) is 4.39. The van der Waals surface area contributed by atoms with Gasteiger partial charge < -0.3 is 10.6 Å². The molecule has 104 valence electrons. The molecule has 3 nitrogen and oxygen atoms in total. The molecule has 0 aliphatic carbocycles. The number of nitrogens with one attached hydrogen (secondary N) is 2. The predicted octanol–water partition coefficient (Wildman–Crippen LogP) is 2.87. The van der Waals surface area contributed by atoms with E-state index in [9.17, 15) is 9.18 Å². The van der Waals surface area contributed by atoms with Crippen molar-refractivity contribution in [2.45, 2.75) is 13.0 Å². The number of benzene rings is 2. The fourth-order valence-corrected chi connectivity index (χ4v) is 1.85. The Hall–Kier alpha value is -2.36. The van der Waals surface area contributed by atoms with Crippen LogP contribution < -0.4 is 10.6 Å². The number of amides is 2. The number of rotatable bonds is 5. The van der Waals surface area contributed by atoms with Gasteiger partial charge in [0.15, 0.2) is 0 Å². The van der Waals surface area contributed by atoms with Crippen LogP contribution in [-0.4, -0.2) is 12.6 Å². The van der Waals surface area contributed by atoms with Gasteiger partial charge in [0.25, 0.3) is 0 Å². The summed E-state index contributed by atoms with van der Waals surface area (Å²) in [6.45, 7) is 0.883. The molecule has 2 aromatic rings. The largest absolute Gasteiger partial charge is 0.338 e. The van der Waals surface area contributed by atoms with Crippen molar-refractivity contribution in [2.24, 2.45) is 0 Å². The molecule has 0 aromatic heterocycles. The standard InChI is InChI=1S/C16H17FN2O/c17-15-9-5-4-8-14(15)10-11-18-16(20)19-12-13-6-2-1-3-7-13/h1-9H,10-12H2,(H2,18,19,20). The molecule has 2 rings (SSSR count). The van der Waals surface area contributed by atoms with Gasteiger partial charge in [0, 0.05) is 13.1 Å². The molecule has 0 radical (unpaired) electrons. The first kappa shape index (κ1) is 14.1. The molecule has 4 heteroatoms. The second-order valence-electron chi connectivity index (χ2n) is 4.44. The van der Waals surface area contributed by atoms with Crippen LogP contribution in [0.15, 0.2) is 54.6 Å². The summed E-state index contributed by atoms with van der Waals surface area (Å²) < 4.78 is 13.4. The van der Waals surface area contributed by atoms with Crippen LogP contribution in [0.4, 0.5) is 9.18 Å². The van der Waals surface area contributed by atoms with Gasteiger partial charge in [-0.3, -0.25) is 0 Å². The minimum absolute atomic E-state index is 0.237. The Morgan fingerprint density at radius 3 is 2.40 bits per heavy atom. The molecular weight excluding hydrogens is 255 g/mol. The maximum absolute atomic E-state index is 13.4. The van der Waals surface area contributed by atoms with E-state index in [1.807, 2.05) is 30.3 Å². The zero-order valence-corrected chi connectivity index (χ0v) is 11.1. The predicted molar refractivity (Wildman–Crippen MR) is 76.8 cm³/mol. The molecular formula is C16H17FN2O. The van der Waals surface area contributed by atoms with Crippen molar-refractivity contribution in [3.8, 4) is 0 Å². The molecule has 0 bridgehead atoms. The number of carbonyl (C=O) groups is 1. The van der Waals surface area contributed by atoms with E-state index in [1.54, 1.807) is 18.2 Å². The quantitative estimate of drug-likeness (QED) is 0.863. The van der Waals surface area contributed by atoms with Gasteiger partial charge in [0.1, 0.15) is 5.82 Å². The van der Waals surface area contributed by atoms with Gasteiger partial charge in [-0.05, 0) is 23.6 Å². The van der Waals surface area contributed by atoms with Crippen molar-refractivity contribution >= 4 is 6.03 Å². The average molecular weight is 272 g/mol. The molecule has 0 fully saturated rings. The Balaban J connectivity index is 1.69.